The Labute approximate surface area is 159 Å². The third kappa shape index (κ3) is 6.01. The van der Waals surface area contributed by atoms with E-state index in [0.29, 0.717) is 11.3 Å². The predicted octanol–water partition coefficient (Wildman–Crippen LogP) is 5.71. The lowest BCUT2D eigenvalue weighted by molar-refractivity contribution is -0.137. The number of alkyl halides is 3. The first kappa shape index (κ1) is 22.5. The van der Waals surface area contributed by atoms with Crippen LogP contribution in [0.5, 0.6) is 0 Å². The van der Waals surface area contributed by atoms with E-state index < -0.39 is 11.7 Å². The fraction of sp³-hybridized carbons (Fsp3) is 0.381. The summed E-state index contributed by atoms with van der Waals surface area (Å²) in [6.45, 7) is 7.79. The maximum Gasteiger partial charge on any atom is 0.416 e. The number of benzene rings is 2. The van der Waals surface area contributed by atoms with E-state index in [0.717, 1.165) is 23.3 Å². The second-order valence-corrected chi connectivity index (χ2v) is 6.20. The Kier molecular flexibility index (Phi) is 7.88. The average Bonchev–Trinajstić information content (AvgIpc) is 2.62. The highest BCUT2D eigenvalue weighted by molar-refractivity contribution is 5.99. The summed E-state index contributed by atoms with van der Waals surface area (Å²) < 4.78 is 38.8. The number of ketones is 1. The van der Waals surface area contributed by atoms with Gasteiger partial charge in [-0.25, -0.2) is 0 Å². The van der Waals surface area contributed by atoms with Gasteiger partial charge < -0.3 is 10.2 Å². The summed E-state index contributed by atoms with van der Waals surface area (Å²) in [5.41, 5.74) is 2.72. The molecule has 27 heavy (non-hydrogen) atoms. The highest BCUT2D eigenvalue weighted by Gasteiger charge is 2.31. The Bertz CT molecular complexity index is 783. The van der Waals surface area contributed by atoms with Crippen molar-refractivity contribution >= 4 is 17.2 Å². The molecule has 0 unspecified atom stereocenters. The van der Waals surface area contributed by atoms with Gasteiger partial charge in [0.2, 0.25) is 0 Å². The molecule has 6 heteroatoms. The van der Waals surface area contributed by atoms with Crippen LogP contribution in [0.3, 0.4) is 0 Å². The topological polar surface area (TPSA) is 32.3 Å². The lowest BCUT2D eigenvalue weighted by atomic mass is 10.0. The molecule has 0 heterocycles. The van der Waals surface area contributed by atoms with Crippen molar-refractivity contribution in [3.8, 4) is 0 Å². The number of hydrogen-bond donors (Lipinski definition) is 1. The maximum atomic E-state index is 12.9. The summed E-state index contributed by atoms with van der Waals surface area (Å²) in [6, 6.07) is 8.84. The normalized spacial score (nSPS) is 10.7. The largest absolute Gasteiger partial charge is 0.416 e. The number of nitrogens with zero attached hydrogens (tertiary/aromatic N) is 1. The highest BCUT2D eigenvalue weighted by Crippen LogP contribution is 2.34. The van der Waals surface area contributed by atoms with E-state index in [1.807, 2.05) is 33.8 Å². The molecule has 0 aliphatic carbocycles. The number of anilines is 2. The summed E-state index contributed by atoms with van der Waals surface area (Å²) in [4.78, 5) is 14.0. The number of hydrogen-bond acceptors (Lipinski definition) is 3. The minimum absolute atomic E-state index is 0.0787. The van der Waals surface area contributed by atoms with Crippen molar-refractivity contribution in [2.75, 3.05) is 30.9 Å². The summed E-state index contributed by atoms with van der Waals surface area (Å²) >= 11 is 0. The molecule has 1 N–H and O–H groups in total. The molecule has 0 aliphatic rings. The van der Waals surface area contributed by atoms with Gasteiger partial charge in [-0.3, -0.25) is 4.79 Å². The van der Waals surface area contributed by atoms with E-state index in [9.17, 15) is 18.0 Å². The lowest BCUT2D eigenvalue weighted by Gasteiger charge is -2.20. The van der Waals surface area contributed by atoms with Crippen LogP contribution in [0.2, 0.25) is 0 Å². The van der Waals surface area contributed by atoms with Crippen molar-refractivity contribution in [3.63, 3.8) is 0 Å². The molecule has 0 saturated carbocycles. The van der Waals surface area contributed by atoms with Crippen molar-refractivity contribution in [1.82, 2.24) is 0 Å². The Balaban J connectivity index is 0.00000176. The first-order valence-corrected chi connectivity index (χ1v) is 8.82. The summed E-state index contributed by atoms with van der Waals surface area (Å²) in [5.74, 6) is -0.176. The smallest absolute Gasteiger partial charge is 0.376 e. The molecule has 3 nitrogen and oxygen atoms in total. The number of halogens is 3. The second kappa shape index (κ2) is 9.44. The number of nitrogens with one attached hydrogen (secondary N) is 1. The molecule has 148 valence electrons. The molecule has 0 aromatic heterocycles. The van der Waals surface area contributed by atoms with E-state index in [2.05, 4.69) is 5.32 Å². The van der Waals surface area contributed by atoms with Gasteiger partial charge in [-0.05, 0) is 49.2 Å². The first-order valence-electron chi connectivity index (χ1n) is 8.82. The molecule has 0 saturated heterocycles. The Morgan fingerprint density at radius 3 is 2.15 bits per heavy atom. The molecule has 2 aromatic carbocycles. The minimum Gasteiger partial charge on any atom is -0.376 e. The zero-order valence-corrected chi connectivity index (χ0v) is 16.7. The first-order chi connectivity index (χ1) is 12.6. The summed E-state index contributed by atoms with van der Waals surface area (Å²) in [7, 11) is 3.47. The van der Waals surface area contributed by atoms with Gasteiger partial charge in [0.15, 0.2) is 5.78 Å². The zero-order chi connectivity index (χ0) is 20.8. The van der Waals surface area contributed by atoms with Gasteiger partial charge in [-0.15, -0.1) is 0 Å². The number of carbonyl (C=O) groups is 1. The van der Waals surface area contributed by atoms with Gasteiger partial charge in [0.05, 0.1) is 23.5 Å². The number of Topliss-reactive ketones (excluding diaryl/α,β-unsaturated/α-hetero) is 1. The van der Waals surface area contributed by atoms with Crippen molar-refractivity contribution in [3.05, 3.63) is 58.7 Å². The molecule has 0 spiro atoms. The van der Waals surface area contributed by atoms with Crippen molar-refractivity contribution in [2.45, 2.75) is 33.9 Å². The molecule has 2 aromatic rings. The number of rotatable bonds is 5. The van der Waals surface area contributed by atoms with E-state index >= 15 is 0 Å². The average molecular weight is 380 g/mol. The van der Waals surface area contributed by atoms with Crippen LogP contribution in [-0.2, 0) is 6.18 Å². The van der Waals surface area contributed by atoms with Gasteiger partial charge in [0.1, 0.15) is 0 Å². The minimum atomic E-state index is -4.43. The maximum absolute atomic E-state index is 12.9. The third-order valence-corrected chi connectivity index (χ3v) is 4.07. The van der Waals surface area contributed by atoms with Crippen molar-refractivity contribution in [1.29, 1.82) is 0 Å². The Morgan fingerprint density at radius 1 is 1.00 bits per heavy atom. The van der Waals surface area contributed by atoms with E-state index in [4.69, 9.17) is 0 Å². The van der Waals surface area contributed by atoms with Crippen LogP contribution in [0.1, 0.15) is 40.9 Å². The van der Waals surface area contributed by atoms with Crippen molar-refractivity contribution in [2.24, 2.45) is 0 Å². The molecule has 0 fully saturated rings. The van der Waals surface area contributed by atoms with Crippen LogP contribution >= 0.6 is 0 Å². The molecular weight excluding hydrogens is 353 g/mol. The SMILES string of the molecule is CC.Cc1ccc(C(=O)CNc2cc(C(F)(F)F)ccc2N(C)C)cc1C. The van der Waals surface area contributed by atoms with Crippen LogP contribution in [0.25, 0.3) is 0 Å². The van der Waals surface area contributed by atoms with Crippen LogP contribution in [-0.4, -0.2) is 26.4 Å². The van der Waals surface area contributed by atoms with E-state index in [1.54, 1.807) is 31.1 Å². The summed E-state index contributed by atoms with van der Waals surface area (Å²) in [5, 5.41) is 2.85. The molecule has 0 amide bonds. The monoisotopic (exact) mass is 380 g/mol. The van der Waals surface area contributed by atoms with Gasteiger partial charge in [-0.1, -0.05) is 26.0 Å². The van der Waals surface area contributed by atoms with Crippen LogP contribution < -0.4 is 10.2 Å². The number of carbonyl (C=O) groups excluding carboxylic acids is 1. The third-order valence-electron chi connectivity index (χ3n) is 4.07. The fourth-order valence-corrected chi connectivity index (χ4v) is 2.44. The molecule has 2 rings (SSSR count). The standard InChI is InChI=1S/C19H21F3N2O.C2H6/c1-12-5-6-14(9-13(12)2)18(25)11-23-16-10-15(19(20,21)22)7-8-17(16)24(3)4;1-2/h5-10,23H,11H2,1-4H3;1-2H3. The zero-order valence-electron chi connectivity index (χ0n) is 16.7. The molecule has 0 aliphatic heterocycles. The second-order valence-electron chi connectivity index (χ2n) is 6.20. The molecular formula is C21H27F3N2O. The molecule has 0 bridgehead atoms. The predicted molar refractivity (Wildman–Crippen MR) is 106 cm³/mol. The number of aryl methyl sites for hydroxylation is 2. The van der Waals surface area contributed by atoms with Crippen LogP contribution in [0, 0.1) is 13.8 Å². The quantitative estimate of drug-likeness (QED) is 0.675. The van der Waals surface area contributed by atoms with Gasteiger partial charge in [0, 0.05) is 19.7 Å². The van der Waals surface area contributed by atoms with E-state index in [-0.39, 0.29) is 18.0 Å². The van der Waals surface area contributed by atoms with Crippen LogP contribution in [0.15, 0.2) is 36.4 Å². The van der Waals surface area contributed by atoms with Crippen LogP contribution in [0.4, 0.5) is 24.5 Å². The van der Waals surface area contributed by atoms with Gasteiger partial charge in [0.25, 0.3) is 0 Å². The Hall–Kier alpha value is -2.50. The highest BCUT2D eigenvalue weighted by atomic mass is 19.4. The van der Waals surface area contributed by atoms with Gasteiger partial charge in [-0.2, -0.15) is 13.2 Å². The van der Waals surface area contributed by atoms with Gasteiger partial charge >= 0.3 is 6.18 Å². The van der Waals surface area contributed by atoms with Crippen molar-refractivity contribution < 1.29 is 18.0 Å². The Morgan fingerprint density at radius 2 is 1.63 bits per heavy atom. The lowest BCUT2D eigenvalue weighted by Crippen LogP contribution is -2.18. The fourth-order valence-electron chi connectivity index (χ4n) is 2.44. The van der Waals surface area contributed by atoms with E-state index in [1.165, 1.54) is 6.07 Å². The molecule has 0 radical (unpaired) electrons. The summed E-state index contributed by atoms with van der Waals surface area (Å²) in [6.07, 6.45) is -4.43. The molecule has 0 atom stereocenters.